The summed E-state index contributed by atoms with van der Waals surface area (Å²) in [5.74, 6) is 0. The molecule has 1 saturated carbocycles. The fourth-order valence-corrected chi connectivity index (χ4v) is 4.05. The van der Waals surface area contributed by atoms with Crippen molar-refractivity contribution in [3.8, 4) is 0 Å². The molecule has 0 saturated heterocycles. The highest BCUT2D eigenvalue weighted by Crippen LogP contribution is 2.24. The van der Waals surface area contributed by atoms with E-state index in [4.69, 9.17) is 0 Å². The number of rotatable bonds is 6. The second-order valence-corrected chi connectivity index (χ2v) is 7.42. The maximum Gasteiger partial charge on any atom is 0.262 e. The summed E-state index contributed by atoms with van der Waals surface area (Å²) in [5.41, 5.74) is 0.517. The molecule has 106 valence electrons. The Morgan fingerprint density at radius 1 is 1.30 bits per heavy atom. The lowest BCUT2D eigenvalue weighted by Crippen LogP contribution is -2.14. The zero-order chi connectivity index (χ0) is 14.0. The summed E-state index contributed by atoms with van der Waals surface area (Å²) in [6.45, 7) is 0.736. The van der Waals surface area contributed by atoms with Gasteiger partial charge in [0.1, 0.15) is 0 Å². The number of hydrogen-bond acceptors (Lipinski definition) is 5. The lowest BCUT2D eigenvalue weighted by Gasteiger charge is -2.05. The standard InChI is InChI=1S/C13H15N3O2S2/c17-20(18,16-11-3-5-14-6-4-11)13-7-12(19-9-13)8-15-10-1-2-10/h3-7,9-10,15H,1-2,8H2,(H,14,16). The van der Waals surface area contributed by atoms with Gasteiger partial charge in [-0.25, -0.2) is 8.42 Å². The summed E-state index contributed by atoms with van der Waals surface area (Å²) in [6, 6.07) is 5.59. The van der Waals surface area contributed by atoms with Crippen molar-refractivity contribution in [1.82, 2.24) is 10.3 Å². The number of nitrogens with one attached hydrogen (secondary N) is 2. The monoisotopic (exact) mass is 309 g/mol. The molecule has 3 rings (SSSR count). The van der Waals surface area contributed by atoms with Crippen LogP contribution in [0.2, 0.25) is 0 Å². The smallest absolute Gasteiger partial charge is 0.262 e. The highest BCUT2D eigenvalue weighted by Gasteiger charge is 2.21. The van der Waals surface area contributed by atoms with Gasteiger partial charge in [0, 0.05) is 35.2 Å². The summed E-state index contributed by atoms with van der Waals surface area (Å²) < 4.78 is 27.0. The summed E-state index contributed by atoms with van der Waals surface area (Å²) in [7, 11) is -3.51. The molecule has 0 atom stereocenters. The molecular formula is C13H15N3O2S2. The molecule has 2 heterocycles. The van der Waals surface area contributed by atoms with E-state index < -0.39 is 10.0 Å². The first-order valence-corrected chi connectivity index (χ1v) is 8.73. The Bertz CT molecular complexity index is 679. The van der Waals surface area contributed by atoms with Crippen LogP contribution in [0.4, 0.5) is 5.69 Å². The van der Waals surface area contributed by atoms with Crippen LogP contribution >= 0.6 is 11.3 Å². The topological polar surface area (TPSA) is 71.1 Å². The first-order chi connectivity index (χ1) is 9.63. The van der Waals surface area contributed by atoms with E-state index in [1.54, 1.807) is 36.0 Å². The van der Waals surface area contributed by atoms with Gasteiger partial charge in [0.25, 0.3) is 10.0 Å². The second kappa shape index (κ2) is 5.51. The molecule has 20 heavy (non-hydrogen) atoms. The minimum atomic E-state index is -3.51. The lowest BCUT2D eigenvalue weighted by atomic mass is 10.4. The highest BCUT2D eigenvalue weighted by atomic mass is 32.2. The fraction of sp³-hybridized carbons (Fsp3) is 0.308. The van der Waals surface area contributed by atoms with Crippen molar-refractivity contribution in [2.45, 2.75) is 30.3 Å². The molecule has 1 aliphatic carbocycles. The van der Waals surface area contributed by atoms with E-state index in [1.165, 1.54) is 24.2 Å². The minimum Gasteiger partial charge on any atom is -0.309 e. The van der Waals surface area contributed by atoms with Gasteiger partial charge in [0.2, 0.25) is 0 Å². The molecule has 0 aliphatic heterocycles. The van der Waals surface area contributed by atoms with Crippen LogP contribution in [0, 0.1) is 0 Å². The van der Waals surface area contributed by atoms with E-state index in [-0.39, 0.29) is 0 Å². The second-order valence-electron chi connectivity index (χ2n) is 4.75. The maximum atomic E-state index is 12.2. The van der Waals surface area contributed by atoms with Gasteiger partial charge >= 0.3 is 0 Å². The number of aromatic nitrogens is 1. The van der Waals surface area contributed by atoms with Gasteiger partial charge < -0.3 is 5.32 Å². The van der Waals surface area contributed by atoms with Crippen molar-refractivity contribution in [1.29, 1.82) is 0 Å². The maximum absolute atomic E-state index is 12.2. The van der Waals surface area contributed by atoms with Gasteiger partial charge in [-0.15, -0.1) is 11.3 Å². The molecule has 0 unspecified atom stereocenters. The summed E-state index contributed by atoms with van der Waals surface area (Å²) in [4.78, 5) is 5.20. The average molecular weight is 309 g/mol. The molecular weight excluding hydrogens is 294 g/mol. The van der Waals surface area contributed by atoms with E-state index in [0.717, 1.165) is 11.4 Å². The number of hydrogen-bond donors (Lipinski definition) is 2. The van der Waals surface area contributed by atoms with Crippen LogP contribution in [0.1, 0.15) is 17.7 Å². The van der Waals surface area contributed by atoms with E-state index in [0.29, 0.717) is 16.6 Å². The SMILES string of the molecule is O=S(=O)(Nc1ccncc1)c1csc(CNC2CC2)c1. The summed E-state index contributed by atoms with van der Waals surface area (Å²) in [6.07, 6.45) is 5.55. The lowest BCUT2D eigenvalue weighted by molar-refractivity contribution is 0.601. The molecule has 1 fully saturated rings. The third-order valence-electron chi connectivity index (χ3n) is 3.01. The van der Waals surface area contributed by atoms with Crippen molar-refractivity contribution in [3.05, 3.63) is 40.8 Å². The van der Waals surface area contributed by atoms with Crippen LogP contribution < -0.4 is 10.0 Å². The number of anilines is 1. The molecule has 1 aliphatic rings. The quantitative estimate of drug-likeness (QED) is 0.858. The number of thiophene rings is 1. The summed E-state index contributed by atoms with van der Waals surface area (Å²) in [5, 5.41) is 5.05. The third-order valence-corrected chi connectivity index (χ3v) is 5.46. The Balaban J connectivity index is 1.70. The molecule has 0 radical (unpaired) electrons. The van der Waals surface area contributed by atoms with Crippen molar-refractivity contribution in [2.24, 2.45) is 0 Å². The zero-order valence-electron chi connectivity index (χ0n) is 10.7. The van der Waals surface area contributed by atoms with Crippen LogP contribution in [-0.2, 0) is 16.6 Å². The Morgan fingerprint density at radius 2 is 2.05 bits per heavy atom. The molecule has 5 nitrogen and oxygen atoms in total. The predicted molar refractivity (Wildman–Crippen MR) is 79.2 cm³/mol. The molecule has 2 aromatic heterocycles. The third kappa shape index (κ3) is 3.36. The molecule has 7 heteroatoms. The van der Waals surface area contributed by atoms with Gasteiger partial charge in [0.15, 0.2) is 0 Å². The van der Waals surface area contributed by atoms with Crippen LogP contribution in [0.5, 0.6) is 0 Å². The Kier molecular flexibility index (Phi) is 3.73. The normalized spacial score (nSPS) is 15.2. The molecule has 0 amide bonds. The van der Waals surface area contributed by atoms with Gasteiger partial charge in [-0.3, -0.25) is 9.71 Å². The molecule has 0 bridgehead atoms. The largest absolute Gasteiger partial charge is 0.309 e. The molecule has 0 spiro atoms. The van der Waals surface area contributed by atoms with Gasteiger partial charge in [-0.05, 0) is 31.0 Å². The average Bonchev–Trinajstić information content (AvgIpc) is 3.13. The van der Waals surface area contributed by atoms with Gasteiger partial charge in [0.05, 0.1) is 10.6 Å². The van der Waals surface area contributed by atoms with Crippen LogP contribution in [0.3, 0.4) is 0 Å². The van der Waals surface area contributed by atoms with E-state index in [9.17, 15) is 8.42 Å². The predicted octanol–water partition coefficient (Wildman–Crippen LogP) is 2.20. The van der Waals surface area contributed by atoms with Crippen LogP contribution in [0.15, 0.2) is 40.9 Å². The number of pyridine rings is 1. The first kappa shape index (κ1) is 13.5. The number of sulfonamides is 1. The van der Waals surface area contributed by atoms with E-state index in [1.807, 2.05) is 0 Å². The number of nitrogens with zero attached hydrogens (tertiary/aromatic N) is 1. The first-order valence-electron chi connectivity index (χ1n) is 6.37. The van der Waals surface area contributed by atoms with Crippen molar-refractivity contribution in [2.75, 3.05) is 4.72 Å². The van der Waals surface area contributed by atoms with Crippen molar-refractivity contribution < 1.29 is 8.42 Å². The van der Waals surface area contributed by atoms with Crippen LogP contribution in [0.25, 0.3) is 0 Å². The molecule has 2 aromatic rings. The Hall–Kier alpha value is -1.44. The van der Waals surface area contributed by atoms with Crippen LogP contribution in [-0.4, -0.2) is 19.4 Å². The zero-order valence-corrected chi connectivity index (χ0v) is 12.4. The Morgan fingerprint density at radius 3 is 2.75 bits per heavy atom. The summed E-state index contributed by atoms with van der Waals surface area (Å²) >= 11 is 1.46. The Labute approximate surface area is 122 Å². The fourth-order valence-electron chi connectivity index (χ4n) is 1.76. The van der Waals surface area contributed by atoms with Gasteiger partial charge in [-0.2, -0.15) is 0 Å². The highest BCUT2D eigenvalue weighted by molar-refractivity contribution is 7.92. The van der Waals surface area contributed by atoms with E-state index in [2.05, 4.69) is 15.0 Å². The molecule has 0 aromatic carbocycles. The van der Waals surface area contributed by atoms with E-state index >= 15 is 0 Å². The van der Waals surface area contributed by atoms with Gasteiger partial charge in [-0.1, -0.05) is 0 Å². The molecule has 2 N–H and O–H groups in total. The van der Waals surface area contributed by atoms with Crippen molar-refractivity contribution in [3.63, 3.8) is 0 Å². The van der Waals surface area contributed by atoms with Crippen molar-refractivity contribution >= 4 is 27.0 Å². The minimum absolute atomic E-state index is 0.312.